The molecule has 4 heteroatoms. The van der Waals surface area contributed by atoms with E-state index in [0.717, 1.165) is 35.9 Å². The quantitative estimate of drug-likeness (QED) is 0.854. The summed E-state index contributed by atoms with van der Waals surface area (Å²) >= 11 is 0. The Labute approximate surface area is 107 Å². The van der Waals surface area contributed by atoms with Crippen molar-refractivity contribution in [3.63, 3.8) is 0 Å². The van der Waals surface area contributed by atoms with Crippen LogP contribution in [0.2, 0.25) is 0 Å². The van der Waals surface area contributed by atoms with E-state index in [9.17, 15) is 5.11 Å². The number of H-pyrrole nitrogens is 1. The van der Waals surface area contributed by atoms with Crippen LogP contribution in [0.3, 0.4) is 0 Å². The zero-order chi connectivity index (χ0) is 13.2. The van der Waals surface area contributed by atoms with Crippen molar-refractivity contribution in [2.75, 3.05) is 0 Å². The number of aromatic amines is 1. The van der Waals surface area contributed by atoms with Crippen molar-refractivity contribution < 1.29 is 5.11 Å². The Bertz CT molecular complexity index is 518. The van der Waals surface area contributed by atoms with E-state index in [1.165, 1.54) is 0 Å². The van der Waals surface area contributed by atoms with Crippen LogP contribution in [-0.4, -0.2) is 26.6 Å². The van der Waals surface area contributed by atoms with Crippen LogP contribution in [0.15, 0.2) is 18.2 Å². The van der Waals surface area contributed by atoms with Crippen LogP contribution in [0.5, 0.6) is 0 Å². The van der Waals surface area contributed by atoms with E-state index in [0.29, 0.717) is 0 Å². The Kier molecular flexibility index (Phi) is 3.66. The first kappa shape index (κ1) is 13.0. The summed E-state index contributed by atoms with van der Waals surface area (Å²) in [5, 5.41) is 21.1. The second-order valence-corrected chi connectivity index (χ2v) is 5.41. The summed E-state index contributed by atoms with van der Waals surface area (Å²) in [4.78, 5) is 0. The molecule has 2 rings (SSSR count). The van der Waals surface area contributed by atoms with Crippen LogP contribution in [0.25, 0.3) is 11.0 Å². The van der Waals surface area contributed by atoms with Gasteiger partial charge in [-0.1, -0.05) is 39.7 Å². The van der Waals surface area contributed by atoms with Gasteiger partial charge < -0.3 is 5.11 Å². The summed E-state index contributed by atoms with van der Waals surface area (Å²) in [6, 6.07) is 5.98. The van der Waals surface area contributed by atoms with Crippen molar-refractivity contribution >= 4 is 11.0 Å². The standard InChI is InChI=1S/C14H21N3O/c1-4-5-6-13(18)14(2,3)10-7-8-11-12(9-10)16-17-15-11/h7-9,13,18H,4-6H2,1-3H3,(H,15,16,17). The van der Waals surface area contributed by atoms with E-state index in [-0.39, 0.29) is 11.5 Å². The summed E-state index contributed by atoms with van der Waals surface area (Å²) in [5.74, 6) is 0. The van der Waals surface area contributed by atoms with Crippen LogP contribution in [0, 0.1) is 0 Å². The first-order valence-electron chi connectivity index (χ1n) is 6.54. The molecule has 0 spiro atoms. The lowest BCUT2D eigenvalue weighted by Gasteiger charge is -2.31. The molecule has 0 fully saturated rings. The number of benzene rings is 1. The average molecular weight is 247 g/mol. The van der Waals surface area contributed by atoms with Crippen LogP contribution in [0.4, 0.5) is 0 Å². The normalized spacial score (nSPS) is 14.0. The average Bonchev–Trinajstić information content (AvgIpc) is 2.82. The Morgan fingerprint density at radius 2 is 2.00 bits per heavy atom. The molecule has 0 saturated carbocycles. The largest absolute Gasteiger partial charge is 0.392 e. The molecule has 0 bridgehead atoms. The van der Waals surface area contributed by atoms with Crippen molar-refractivity contribution in [2.24, 2.45) is 0 Å². The fourth-order valence-corrected chi connectivity index (χ4v) is 2.19. The van der Waals surface area contributed by atoms with Crippen LogP contribution in [0.1, 0.15) is 45.6 Å². The lowest BCUT2D eigenvalue weighted by Crippen LogP contribution is -2.33. The molecule has 4 nitrogen and oxygen atoms in total. The maximum atomic E-state index is 10.3. The Morgan fingerprint density at radius 1 is 1.28 bits per heavy atom. The van der Waals surface area contributed by atoms with E-state index in [4.69, 9.17) is 0 Å². The molecular weight excluding hydrogens is 226 g/mol. The number of aromatic nitrogens is 3. The number of hydrogen-bond acceptors (Lipinski definition) is 3. The lowest BCUT2D eigenvalue weighted by molar-refractivity contribution is 0.0890. The molecule has 1 heterocycles. The van der Waals surface area contributed by atoms with Gasteiger partial charge in [0, 0.05) is 5.41 Å². The van der Waals surface area contributed by atoms with Gasteiger partial charge in [-0.2, -0.15) is 15.4 Å². The topological polar surface area (TPSA) is 61.8 Å². The van der Waals surface area contributed by atoms with Crippen molar-refractivity contribution in [2.45, 2.75) is 51.6 Å². The van der Waals surface area contributed by atoms with Gasteiger partial charge in [0.05, 0.1) is 6.10 Å². The molecule has 2 aromatic rings. The Morgan fingerprint density at radius 3 is 2.72 bits per heavy atom. The van der Waals surface area contributed by atoms with Crippen molar-refractivity contribution in [3.05, 3.63) is 23.8 Å². The van der Waals surface area contributed by atoms with E-state index in [1.54, 1.807) is 0 Å². The maximum absolute atomic E-state index is 10.3. The lowest BCUT2D eigenvalue weighted by atomic mass is 9.77. The van der Waals surface area contributed by atoms with E-state index in [2.05, 4.69) is 36.2 Å². The summed E-state index contributed by atoms with van der Waals surface area (Å²) in [6.07, 6.45) is 2.66. The summed E-state index contributed by atoms with van der Waals surface area (Å²) in [6.45, 7) is 6.30. The Hall–Kier alpha value is -1.42. The van der Waals surface area contributed by atoms with Crippen LogP contribution >= 0.6 is 0 Å². The molecule has 0 radical (unpaired) electrons. The number of rotatable bonds is 5. The highest BCUT2D eigenvalue weighted by Gasteiger charge is 2.29. The SMILES string of the molecule is CCCCC(O)C(C)(C)c1ccc2n[nH]nc2c1. The number of fused-ring (bicyclic) bond motifs is 1. The highest BCUT2D eigenvalue weighted by atomic mass is 16.3. The van der Waals surface area contributed by atoms with Gasteiger partial charge in [-0.3, -0.25) is 0 Å². The first-order valence-corrected chi connectivity index (χ1v) is 6.54. The molecule has 0 aliphatic rings. The molecular formula is C14H21N3O. The molecule has 1 aromatic carbocycles. The number of aliphatic hydroxyl groups excluding tert-OH is 1. The minimum Gasteiger partial charge on any atom is -0.392 e. The summed E-state index contributed by atoms with van der Waals surface area (Å²) in [7, 11) is 0. The van der Waals surface area contributed by atoms with E-state index < -0.39 is 0 Å². The number of nitrogens with zero attached hydrogens (tertiary/aromatic N) is 2. The molecule has 0 aliphatic heterocycles. The smallest absolute Gasteiger partial charge is 0.113 e. The van der Waals surface area contributed by atoms with E-state index in [1.807, 2.05) is 18.2 Å². The third-order valence-corrected chi connectivity index (χ3v) is 3.72. The molecule has 18 heavy (non-hydrogen) atoms. The summed E-state index contributed by atoms with van der Waals surface area (Å²) in [5.41, 5.74) is 2.55. The maximum Gasteiger partial charge on any atom is 0.113 e. The highest BCUT2D eigenvalue weighted by Crippen LogP contribution is 2.31. The summed E-state index contributed by atoms with van der Waals surface area (Å²) < 4.78 is 0. The number of hydrogen-bond donors (Lipinski definition) is 2. The van der Waals surface area contributed by atoms with Crippen molar-refractivity contribution in [1.29, 1.82) is 0 Å². The molecule has 98 valence electrons. The monoisotopic (exact) mass is 247 g/mol. The Balaban J connectivity index is 2.26. The van der Waals surface area contributed by atoms with Gasteiger partial charge in [-0.05, 0) is 24.1 Å². The second-order valence-electron chi connectivity index (χ2n) is 5.41. The molecule has 2 N–H and O–H groups in total. The predicted molar refractivity (Wildman–Crippen MR) is 72.4 cm³/mol. The molecule has 0 amide bonds. The predicted octanol–water partition coefficient (Wildman–Crippen LogP) is 2.79. The van der Waals surface area contributed by atoms with Crippen molar-refractivity contribution in [1.82, 2.24) is 15.4 Å². The van der Waals surface area contributed by atoms with Crippen LogP contribution in [-0.2, 0) is 5.41 Å². The van der Waals surface area contributed by atoms with Crippen molar-refractivity contribution in [3.8, 4) is 0 Å². The molecule has 1 atom stereocenters. The third-order valence-electron chi connectivity index (χ3n) is 3.72. The number of nitrogens with one attached hydrogen (secondary N) is 1. The molecule has 0 saturated heterocycles. The minimum absolute atomic E-state index is 0.262. The molecule has 1 aromatic heterocycles. The molecule has 1 unspecified atom stereocenters. The van der Waals surface area contributed by atoms with Gasteiger partial charge >= 0.3 is 0 Å². The third kappa shape index (κ3) is 2.38. The minimum atomic E-state index is -0.332. The first-order chi connectivity index (χ1) is 8.55. The van der Waals surface area contributed by atoms with Gasteiger partial charge in [0.25, 0.3) is 0 Å². The van der Waals surface area contributed by atoms with Crippen LogP contribution < -0.4 is 0 Å². The zero-order valence-electron chi connectivity index (χ0n) is 11.3. The van der Waals surface area contributed by atoms with Gasteiger partial charge in [0.15, 0.2) is 0 Å². The fourth-order valence-electron chi connectivity index (χ4n) is 2.19. The van der Waals surface area contributed by atoms with Gasteiger partial charge in [-0.25, -0.2) is 0 Å². The molecule has 0 aliphatic carbocycles. The fraction of sp³-hybridized carbons (Fsp3) is 0.571. The number of unbranched alkanes of at least 4 members (excludes halogenated alkanes) is 1. The second kappa shape index (κ2) is 5.06. The van der Waals surface area contributed by atoms with Gasteiger partial charge in [0.2, 0.25) is 0 Å². The zero-order valence-corrected chi connectivity index (χ0v) is 11.3. The number of aliphatic hydroxyl groups is 1. The van der Waals surface area contributed by atoms with Gasteiger partial charge in [0.1, 0.15) is 11.0 Å². The van der Waals surface area contributed by atoms with Gasteiger partial charge in [-0.15, -0.1) is 0 Å². The highest BCUT2D eigenvalue weighted by molar-refractivity contribution is 5.74. The van der Waals surface area contributed by atoms with E-state index >= 15 is 0 Å².